The molecule has 19 heavy (non-hydrogen) atoms. The standard InChI is InChI=1S/C17H34N2/c1-3-5-15-8-10-19(11-9-15)17(13-18)16-7-4-6-14(2)12-16/h14-17H,3-13,18H2,1-2H3. The zero-order valence-corrected chi connectivity index (χ0v) is 13.1. The molecule has 2 aliphatic rings. The van der Waals surface area contributed by atoms with E-state index in [2.05, 4.69) is 18.7 Å². The van der Waals surface area contributed by atoms with Crippen LogP contribution in [0.5, 0.6) is 0 Å². The number of rotatable bonds is 5. The van der Waals surface area contributed by atoms with Crippen LogP contribution in [0.1, 0.15) is 65.2 Å². The van der Waals surface area contributed by atoms with E-state index < -0.39 is 0 Å². The lowest BCUT2D eigenvalue weighted by atomic mass is 9.77. The monoisotopic (exact) mass is 266 g/mol. The van der Waals surface area contributed by atoms with Crippen molar-refractivity contribution in [3.8, 4) is 0 Å². The second kappa shape index (κ2) is 7.64. The van der Waals surface area contributed by atoms with E-state index in [1.165, 1.54) is 64.5 Å². The van der Waals surface area contributed by atoms with E-state index in [1.807, 2.05) is 0 Å². The summed E-state index contributed by atoms with van der Waals surface area (Å²) in [5.74, 6) is 2.78. The Kier molecular flexibility index (Phi) is 6.15. The lowest BCUT2D eigenvalue weighted by Crippen LogP contribution is -2.49. The van der Waals surface area contributed by atoms with Crippen LogP contribution in [0.15, 0.2) is 0 Å². The minimum Gasteiger partial charge on any atom is -0.329 e. The Morgan fingerprint density at radius 3 is 2.47 bits per heavy atom. The SMILES string of the molecule is CCCC1CCN(C(CN)C2CCCC(C)C2)CC1. The van der Waals surface area contributed by atoms with Gasteiger partial charge in [-0.3, -0.25) is 4.90 Å². The van der Waals surface area contributed by atoms with Gasteiger partial charge in [-0.1, -0.05) is 39.5 Å². The van der Waals surface area contributed by atoms with Crippen LogP contribution in [0.4, 0.5) is 0 Å². The summed E-state index contributed by atoms with van der Waals surface area (Å²) in [6.45, 7) is 8.22. The average molecular weight is 266 g/mol. The largest absolute Gasteiger partial charge is 0.329 e. The van der Waals surface area contributed by atoms with Crippen molar-refractivity contribution in [1.82, 2.24) is 4.90 Å². The number of piperidine rings is 1. The van der Waals surface area contributed by atoms with Crippen LogP contribution >= 0.6 is 0 Å². The number of nitrogens with two attached hydrogens (primary N) is 1. The first-order valence-electron chi connectivity index (χ1n) is 8.68. The van der Waals surface area contributed by atoms with Gasteiger partial charge in [0.15, 0.2) is 0 Å². The average Bonchev–Trinajstić information content (AvgIpc) is 2.42. The van der Waals surface area contributed by atoms with Crippen molar-refractivity contribution < 1.29 is 0 Å². The quantitative estimate of drug-likeness (QED) is 0.823. The Morgan fingerprint density at radius 1 is 1.16 bits per heavy atom. The highest BCUT2D eigenvalue weighted by Gasteiger charge is 2.31. The molecule has 0 aromatic rings. The maximum atomic E-state index is 6.13. The van der Waals surface area contributed by atoms with E-state index in [0.717, 1.165) is 24.3 Å². The van der Waals surface area contributed by atoms with Crippen molar-refractivity contribution in [2.24, 2.45) is 23.5 Å². The molecule has 0 bridgehead atoms. The van der Waals surface area contributed by atoms with Crippen molar-refractivity contribution in [1.29, 1.82) is 0 Å². The van der Waals surface area contributed by atoms with E-state index in [4.69, 9.17) is 5.73 Å². The van der Waals surface area contributed by atoms with Gasteiger partial charge in [0, 0.05) is 12.6 Å². The summed E-state index contributed by atoms with van der Waals surface area (Å²) in [6, 6.07) is 0.672. The van der Waals surface area contributed by atoms with Crippen LogP contribution in [0.25, 0.3) is 0 Å². The summed E-state index contributed by atoms with van der Waals surface area (Å²) in [6.07, 6.45) is 11.3. The molecule has 1 aliphatic carbocycles. The highest BCUT2D eigenvalue weighted by molar-refractivity contribution is 4.86. The first-order valence-corrected chi connectivity index (χ1v) is 8.68. The predicted octanol–water partition coefficient (Wildman–Crippen LogP) is 3.65. The molecule has 1 aliphatic heterocycles. The third kappa shape index (κ3) is 4.19. The van der Waals surface area contributed by atoms with Gasteiger partial charge in [-0.2, -0.15) is 0 Å². The number of hydrogen-bond donors (Lipinski definition) is 1. The molecule has 2 rings (SSSR count). The third-order valence-corrected chi connectivity index (χ3v) is 5.58. The summed E-state index contributed by atoms with van der Waals surface area (Å²) in [4.78, 5) is 2.73. The van der Waals surface area contributed by atoms with Gasteiger partial charge in [0.25, 0.3) is 0 Å². The van der Waals surface area contributed by atoms with E-state index in [0.29, 0.717) is 6.04 Å². The number of hydrogen-bond acceptors (Lipinski definition) is 2. The van der Waals surface area contributed by atoms with Gasteiger partial charge in [0.05, 0.1) is 0 Å². The van der Waals surface area contributed by atoms with Gasteiger partial charge in [0.2, 0.25) is 0 Å². The third-order valence-electron chi connectivity index (χ3n) is 5.58. The molecule has 3 unspecified atom stereocenters. The van der Waals surface area contributed by atoms with Gasteiger partial charge in [-0.25, -0.2) is 0 Å². The number of likely N-dealkylation sites (tertiary alicyclic amines) is 1. The molecule has 1 saturated carbocycles. The smallest absolute Gasteiger partial charge is 0.0246 e. The van der Waals surface area contributed by atoms with Gasteiger partial charge in [-0.15, -0.1) is 0 Å². The van der Waals surface area contributed by atoms with Gasteiger partial charge < -0.3 is 5.73 Å². The molecular weight excluding hydrogens is 232 g/mol. The molecule has 1 saturated heterocycles. The molecule has 2 N–H and O–H groups in total. The maximum absolute atomic E-state index is 6.13. The first-order chi connectivity index (χ1) is 9.24. The predicted molar refractivity (Wildman–Crippen MR) is 83.2 cm³/mol. The second-order valence-electron chi connectivity index (χ2n) is 7.10. The van der Waals surface area contributed by atoms with Crippen LogP contribution in [0.3, 0.4) is 0 Å². The normalized spacial score (nSPS) is 32.4. The van der Waals surface area contributed by atoms with Crippen molar-refractivity contribution in [3.63, 3.8) is 0 Å². The Morgan fingerprint density at radius 2 is 1.89 bits per heavy atom. The highest BCUT2D eigenvalue weighted by atomic mass is 15.2. The zero-order chi connectivity index (χ0) is 13.7. The Bertz CT molecular complexity index is 246. The van der Waals surface area contributed by atoms with Crippen molar-refractivity contribution >= 4 is 0 Å². The molecule has 1 heterocycles. The fraction of sp³-hybridized carbons (Fsp3) is 1.00. The summed E-state index contributed by atoms with van der Waals surface area (Å²) in [5.41, 5.74) is 6.13. The van der Waals surface area contributed by atoms with Crippen LogP contribution in [-0.2, 0) is 0 Å². The molecule has 2 heteroatoms. The molecule has 0 radical (unpaired) electrons. The minimum absolute atomic E-state index is 0.672. The van der Waals surface area contributed by atoms with E-state index >= 15 is 0 Å². The molecule has 2 fully saturated rings. The minimum atomic E-state index is 0.672. The van der Waals surface area contributed by atoms with Gasteiger partial charge in [-0.05, 0) is 56.5 Å². The van der Waals surface area contributed by atoms with Crippen molar-refractivity contribution in [2.45, 2.75) is 71.3 Å². The lowest BCUT2D eigenvalue weighted by molar-refractivity contribution is 0.0727. The van der Waals surface area contributed by atoms with Crippen molar-refractivity contribution in [3.05, 3.63) is 0 Å². The Balaban J connectivity index is 1.84. The van der Waals surface area contributed by atoms with Crippen molar-refractivity contribution in [2.75, 3.05) is 19.6 Å². The number of nitrogens with zero attached hydrogens (tertiary/aromatic N) is 1. The Hall–Kier alpha value is -0.0800. The molecule has 2 nitrogen and oxygen atoms in total. The molecule has 0 aromatic heterocycles. The fourth-order valence-electron chi connectivity index (χ4n) is 4.45. The highest BCUT2D eigenvalue weighted by Crippen LogP contribution is 2.34. The first kappa shape index (κ1) is 15.3. The molecule has 0 spiro atoms. The summed E-state index contributed by atoms with van der Waals surface area (Å²) in [7, 11) is 0. The van der Waals surface area contributed by atoms with Crippen LogP contribution in [0, 0.1) is 17.8 Å². The van der Waals surface area contributed by atoms with Crippen LogP contribution in [0.2, 0.25) is 0 Å². The van der Waals surface area contributed by atoms with E-state index in [1.54, 1.807) is 0 Å². The van der Waals surface area contributed by atoms with Gasteiger partial charge in [0.1, 0.15) is 0 Å². The topological polar surface area (TPSA) is 29.3 Å². The lowest BCUT2D eigenvalue weighted by Gasteiger charge is -2.43. The molecular formula is C17H34N2. The second-order valence-corrected chi connectivity index (χ2v) is 7.10. The van der Waals surface area contributed by atoms with Gasteiger partial charge >= 0.3 is 0 Å². The molecule has 112 valence electrons. The molecule has 0 aromatic carbocycles. The van der Waals surface area contributed by atoms with Crippen LogP contribution in [-0.4, -0.2) is 30.6 Å². The Labute approximate surface area is 120 Å². The zero-order valence-electron chi connectivity index (χ0n) is 13.1. The van der Waals surface area contributed by atoms with E-state index in [9.17, 15) is 0 Å². The maximum Gasteiger partial charge on any atom is 0.0246 e. The summed E-state index contributed by atoms with van der Waals surface area (Å²) >= 11 is 0. The summed E-state index contributed by atoms with van der Waals surface area (Å²) < 4.78 is 0. The summed E-state index contributed by atoms with van der Waals surface area (Å²) in [5, 5.41) is 0. The fourth-order valence-corrected chi connectivity index (χ4v) is 4.45. The molecule has 3 atom stereocenters. The van der Waals surface area contributed by atoms with E-state index in [-0.39, 0.29) is 0 Å². The van der Waals surface area contributed by atoms with Crippen LogP contribution < -0.4 is 5.73 Å². The molecule has 0 amide bonds.